The zero-order valence-electron chi connectivity index (χ0n) is 12.4. The molecule has 3 rings (SSSR count). The van der Waals surface area contributed by atoms with Crippen molar-refractivity contribution in [3.8, 4) is 0 Å². The molecule has 1 amide bonds. The number of para-hydroxylation sites is 1. The highest BCUT2D eigenvalue weighted by molar-refractivity contribution is 7.10. The van der Waals surface area contributed by atoms with E-state index in [-0.39, 0.29) is 12.1 Å². The van der Waals surface area contributed by atoms with E-state index in [4.69, 9.17) is 4.42 Å². The van der Waals surface area contributed by atoms with Crippen molar-refractivity contribution < 1.29 is 14.3 Å². The number of amides is 1. The molecule has 0 aliphatic rings. The fourth-order valence-electron chi connectivity index (χ4n) is 2.24. The molecule has 0 spiro atoms. The summed E-state index contributed by atoms with van der Waals surface area (Å²) in [6.07, 6.45) is 0. The van der Waals surface area contributed by atoms with Crippen LogP contribution < -0.4 is 10.9 Å². The molecule has 23 heavy (non-hydrogen) atoms. The van der Waals surface area contributed by atoms with E-state index in [2.05, 4.69) is 5.32 Å². The van der Waals surface area contributed by atoms with Gasteiger partial charge in [0.15, 0.2) is 0 Å². The van der Waals surface area contributed by atoms with Crippen molar-refractivity contribution >= 4 is 28.2 Å². The van der Waals surface area contributed by atoms with Crippen LogP contribution >= 0.6 is 11.3 Å². The van der Waals surface area contributed by atoms with Gasteiger partial charge in [0.05, 0.1) is 6.54 Å². The Hall–Kier alpha value is -2.44. The van der Waals surface area contributed by atoms with Gasteiger partial charge in [-0.25, -0.2) is 4.79 Å². The fraction of sp³-hybridized carbons (Fsp3) is 0.176. The molecule has 1 atom stereocenters. The Balaban J connectivity index is 1.81. The van der Waals surface area contributed by atoms with Crippen LogP contribution in [0, 0.1) is 0 Å². The summed E-state index contributed by atoms with van der Waals surface area (Å²) in [4.78, 5) is 24.9. The van der Waals surface area contributed by atoms with Crippen LogP contribution in [-0.4, -0.2) is 17.6 Å². The molecule has 0 saturated heterocycles. The zero-order chi connectivity index (χ0) is 16.4. The van der Waals surface area contributed by atoms with Crippen molar-refractivity contribution in [2.45, 2.75) is 12.5 Å². The quantitative estimate of drug-likeness (QED) is 0.721. The lowest BCUT2D eigenvalue weighted by molar-refractivity contribution is 0.0555. The summed E-state index contributed by atoms with van der Waals surface area (Å²) < 4.78 is 5.14. The first-order valence-corrected chi connectivity index (χ1v) is 7.93. The minimum Gasteiger partial charge on any atom is -0.422 e. The molecule has 0 bridgehead atoms. The Morgan fingerprint density at radius 1 is 1.30 bits per heavy atom. The molecule has 0 saturated carbocycles. The minimum atomic E-state index is -1.19. The number of rotatable bonds is 4. The van der Waals surface area contributed by atoms with E-state index in [1.165, 1.54) is 17.4 Å². The molecular formula is C17H15NO4S. The van der Waals surface area contributed by atoms with Crippen LogP contribution in [0.3, 0.4) is 0 Å². The smallest absolute Gasteiger partial charge is 0.349 e. The van der Waals surface area contributed by atoms with Gasteiger partial charge in [0, 0.05) is 10.3 Å². The number of thiophene rings is 1. The first-order chi connectivity index (χ1) is 11.0. The summed E-state index contributed by atoms with van der Waals surface area (Å²) in [6, 6.07) is 12.1. The molecule has 2 aromatic heterocycles. The van der Waals surface area contributed by atoms with Gasteiger partial charge in [-0.2, -0.15) is 0 Å². The van der Waals surface area contributed by atoms with Crippen LogP contribution in [0.5, 0.6) is 0 Å². The molecule has 0 unspecified atom stereocenters. The molecule has 5 nitrogen and oxygen atoms in total. The molecule has 1 aromatic carbocycles. The molecule has 3 aromatic rings. The lowest BCUT2D eigenvalue weighted by Gasteiger charge is -2.22. The summed E-state index contributed by atoms with van der Waals surface area (Å²) in [6.45, 7) is 1.61. The lowest BCUT2D eigenvalue weighted by atomic mass is 10.1. The Labute approximate surface area is 136 Å². The third-order valence-corrected chi connectivity index (χ3v) is 4.65. The molecule has 0 aliphatic carbocycles. The Bertz CT molecular complexity index is 896. The van der Waals surface area contributed by atoms with Gasteiger partial charge < -0.3 is 14.8 Å². The largest absolute Gasteiger partial charge is 0.422 e. The van der Waals surface area contributed by atoms with E-state index in [1.807, 2.05) is 11.4 Å². The van der Waals surface area contributed by atoms with Crippen LogP contribution in [0.15, 0.2) is 57.1 Å². The number of carbonyl (C=O) groups is 1. The van der Waals surface area contributed by atoms with Gasteiger partial charge in [0.2, 0.25) is 0 Å². The van der Waals surface area contributed by atoms with E-state index < -0.39 is 17.1 Å². The first-order valence-electron chi connectivity index (χ1n) is 7.05. The molecule has 2 heterocycles. The maximum Gasteiger partial charge on any atom is 0.349 e. The fourth-order valence-corrected chi connectivity index (χ4v) is 3.03. The highest BCUT2D eigenvalue weighted by Crippen LogP contribution is 2.24. The average Bonchev–Trinajstić information content (AvgIpc) is 3.07. The summed E-state index contributed by atoms with van der Waals surface area (Å²) in [5.74, 6) is -0.568. The third-order valence-electron chi connectivity index (χ3n) is 3.53. The Kier molecular flexibility index (Phi) is 4.02. The maximum absolute atomic E-state index is 12.2. The summed E-state index contributed by atoms with van der Waals surface area (Å²) in [7, 11) is 0. The highest BCUT2D eigenvalue weighted by Gasteiger charge is 2.25. The maximum atomic E-state index is 12.2. The third kappa shape index (κ3) is 3.18. The van der Waals surface area contributed by atoms with Gasteiger partial charge in [0.25, 0.3) is 5.91 Å². The number of nitrogens with one attached hydrogen (secondary N) is 1. The first kappa shape index (κ1) is 15.5. The van der Waals surface area contributed by atoms with Crippen LogP contribution in [0.1, 0.15) is 22.2 Å². The predicted octanol–water partition coefficient (Wildman–Crippen LogP) is 2.49. The molecule has 118 valence electrons. The second-order valence-electron chi connectivity index (χ2n) is 5.42. The van der Waals surface area contributed by atoms with Crippen molar-refractivity contribution in [2.24, 2.45) is 0 Å². The van der Waals surface area contributed by atoms with Gasteiger partial charge in [-0.1, -0.05) is 24.3 Å². The van der Waals surface area contributed by atoms with Gasteiger partial charge in [-0.3, -0.25) is 4.79 Å². The highest BCUT2D eigenvalue weighted by atomic mass is 32.1. The molecule has 2 N–H and O–H groups in total. The standard InChI is InChI=1S/C17H15NO4S/c1-17(21,14-7-4-8-23-14)10-18-15(19)12-9-11-5-2-3-6-13(11)22-16(12)20/h2-9,21H,10H2,1H3,(H,18,19)/t17-/m1/s1. The minimum absolute atomic E-state index is 0.00138. The Morgan fingerprint density at radius 3 is 2.83 bits per heavy atom. The van der Waals surface area contributed by atoms with E-state index >= 15 is 0 Å². The number of benzene rings is 1. The molecule has 6 heteroatoms. The van der Waals surface area contributed by atoms with Crippen molar-refractivity contribution in [1.29, 1.82) is 0 Å². The van der Waals surface area contributed by atoms with Crippen LogP contribution in [0.4, 0.5) is 0 Å². The van der Waals surface area contributed by atoms with Crippen molar-refractivity contribution in [2.75, 3.05) is 6.54 Å². The van der Waals surface area contributed by atoms with E-state index in [9.17, 15) is 14.7 Å². The van der Waals surface area contributed by atoms with Crippen LogP contribution in [0.2, 0.25) is 0 Å². The van der Waals surface area contributed by atoms with Crippen molar-refractivity contribution in [3.63, 3.8) is 0 Å². The monoisotopic (exact) mass is 329 g/mol. The van der Waals surface area contributed by atoms with E-state index in [0.29, 0.717) is 11.0 Å². The molecule has 0 fully saturated rings. The SMILES string of the molecule is C[C@@](O)(CNC(=O)c1cc2ccccc2oc1=O)c1cccs1. The van der Waals surface area contributed by atoms with Gasteiger partial charge in [0.1, 0.15) is 16.7 Å². The topological polar surface area (TPSA) is 79.5 Å². The normalized spacial score (nSPS) is 13.7. The predicted molar refractivity (Wildman–Crippen MR) is 88.7 cm³/mol. The van der Waals surface area contributed by atoms with Crippen molar-refractivity contribution in [1.82, 2.24) is 5.32 Å². The zero-order valence-corrected chi connectivity index (χ0v) is 13.2. The summed E-state index contributed by atoms with van der Waals surface area (Å²) >= 11 is 1.40. The van der Waals surface area contributed by atoms with Crippen molar-refractivity contribution in [3.05, 3.63) is 68.7 Å². The second kappa shape index (κ2) is 5.98. The molecular weight excluding hydrogens is 314 g/mol. The molecule has 0 radical (unpaired) electrons. The number of hydrogen-bond donors (Lipinski definition) is 2. The molecule has 0 aliphatic heterocycles. The lowest BCUT2D eigenvalue weighted by Crippen LogP contribution is -2.39. The van der Waals surface area contributed by atoms with Gasteiger partial charge in [-0.15, -0.1) is 11.3 Å². The Morgan fingerprint density at radius 2 is 2.09 bits per heavy atom. The second-order valence-corrected chi connectivity index (χ2v) is 6.37. The summed E-state index contributed by atoms with van der Waals surface area (Å²) in [5.41, 5.74) is -1.54. The number of hydrogen-bond acceptors (Lipinski definition) is 5. The number of aliphatic hydroxyl groups is 1. The van der Waals surface area contributed by atoms with Gasteiger partial charge >= 0.3 is 5.63 Å². The number of carbonyl (C=O) groups excluding carboxylic acids is 1. The van der Waals surface area contributed by atoms with E-state index in [0.717, 1.165) is 4.88 Å². The van der Waals surface area contributed by atoms with Crippen LogP contribution in [-0.2, 0) is 5.60 Å². The average molecular weight is 329 g/mol. The van der Waals surface area contributed by atoms with Gasteiger partial charge in [-0.05, 0) is 30.5 Å². The number of fused-ring (bicyclic) bond motifs is 1. The summed E-state index contributed by atoms with van der Waals surface area (Å²) in [5, 5.41) is 15.5. The van der Waals surface area contributed by atoms with E-state index in [1.54, 1.807) is 37.3 Å². The van der Waals surface area contributed by atoms with Crippen LogP contribution in [0.25, 0.3) is 11.0 Å².